The highest BCUT2D eigenvalue weighted by Gasteiger charge is 2.08. The Labute approximate surface area is 139 Å². The van der Waals surface area contributed by atoms with Crippen LogP contribution in [0.5, 0.6) is 5.75 Å². The molecule has 23 heavy (non-hydrogen) atoms. The second kappa shape index (κ2) is 7.78. The fraction of sp³-hybridized carbons (Fsp3) is 0.235. The van der Waals surface area contributed by atoms with Gasteiger partial charge in [0.2, 0.25) is 5.89 Å². The fourth-order valence-corrected chi connectivity index (χ4v) is 2.81. The van der Waals surface area contributed by atoms with Gasteiger partial charge < -0.3 is 9.15 Å². The smallest absolute Gasteiger partial charge is 0.276 e. The van der Waals surface area contributed by atoms with Crippen molar-refractivity contribution in [2.24, 2.45) is 0 Å². The van der Waals surface area contributed by atoms with Crippen molar-refractivity contribution in [3.8, 4) is 5.75 Å². The Morgan fingerprint density at radius 2 is 1.96 bits per heavy atom. The van der Waals surface area contributed by atoms with Crippen molar-refractivity contribution < 1.29 is 9.15 Å². The van der Waals surface area contributed by atoms with Crippen molar-refractivity contribution in [1.82, 2.24) is 15.2 Å². The van der Waals surface area contributed by atoms with Crippen LogP contribution in [0.1, 0.15) is 17.1 Å². The van der Waals surface area contributed by atoms with Gasteiger partial charge in [-0.2, -0.15) is 0 Å². The van der Waals surface area contributed by atoms with Crippen molar-refractivity contribution in [3.05, 3.63) is 65.8 Å². The van der Waals surface area contributed by atoms with Gasteiger partial charge in [0.25, 0.3) is 5.22 Å². The predicted octanol–water partition coefficient (Wildman–Crippen LogP) is 3.40. The molecule has 1 aromatic carbocycles. The summed E-state index contributed by atoms with van der Waals surface area (Å²) in [5, 5.41) is 8.78. The first-order valence-corrected chi connectivity index (χ1v) is 8.30. The van der Waals surface area contributed by atoms with Crippen LogP contribution in [-0.2, 0) is 12.8 Å². The maximum Gasteiger partial charge on any atom is 0.276 e. The lowest BCUT2D eigenvalue weighted by Gasteiger charge is -2.00. The van der Waals surface area contributed by atoms with Crippen molar-refractivity contribution in [2.45, 2.75) is 18.1 Å². The number of hydrogen-bond acceptors (Lipinski definition) is 6. The molecule has 3 rings (SSSR count). The van der Waals surface area contributed by atoms with E-state index in [1.54, 1.807) is 25.1 Å². The highest BCUT2D eigenvalue weighted by atomic mass is 32.2. The lowest BCUT2D eigenvalue weighted by molar-refractivity contribution is 0.413. The molecule has 0 radical (unpaired) electrons. The molecule has 0 saturated heterocycles. The minimum Gasteiger partial charge on any atom is -0.497 e. The van der Waals surface area contributed by atoms with Gasteiger partial charge in [0.05, 0.1) is 13.5 Å². The summed E-state index contributed by atoms with van der Waals surface area (Å²) in [6, 6.07) is 13.8. The molecule has 0 fully saturated rings. The van der Waals surface area contributed by atoms with Gasteiger partial charge in [0.1, 0.15) is 5.75 Å². The number of pyridine rings is 1. The molecule has 0 atom stereocenters. The van der Waals surface area contributed by atoms with E-state index < -0.39 is 0 Å². The number of aromatic nitrogens is 3. The summed E-state index contributed by atoms with van der Waals surface area (Å²) < 4.78 is 10.8. The second-order valence-corrected chi connectivity index (χ2v) is 5.95. The van der Waals surface area contributed by atoms with Crippen LogP contribution in [0.2, 0.25) is 0 Å². The van der Waals surface area contributed by atoms with Crippen LogP contribution in [0, 0.1) is 0 Å². The number of nitrogens with zero attached hydrogens (tertiary/aromatic N) is 3. The average molecular weight is 327 g/mol. The van der Waals surface area contributed by atoms with Crippen molar-refractivity contribution in [1.29, 1.82) is 0 Å². The molecule has 2 heterocycles. The number of methoxy groups -OCH3 is 1. The summed E-state index contributed by atoms with van der Waals surface area (Å²) in [7, 11) is 1.65. The monoisotopic (exact) mass is 327 g/mol. The Morgan fingerprint density at radius 1 is 1.09 bits per heavy atom. The third-order valence-electron chi connectivity index (χ3n) is 3.27. The van der Waals surface area contributed by atoms with Gasteiger partial charge in [-0.1, -0.05) is 30.0 Å². The van der Waals surface area contributed by atoms with Crippen LogP contribution in [0.4, 0.5) is 0 Å². The highest BCUT2D eigenvalue weighted by molar-refractivity contribution is 7.99. The summed E-state index contributed by atoms with van der Waals surface area (Å²) in [4.78, 5) is 4.29. The van der Waals surface area contributed by atoms with E-state index in [0.717, 1.165) is 29.2 Å². The third-order valence-corrected chi connectivity index (χ3v) is 4.09. The predicted molar refractivity (Wildman–Crippen MR) is 88.8 cm³/mol. The Kier molecular flexibility index (Phi) is 5.26. The minimum atomic E-state index is 0.601. The van der Waals surface area contributed by atoms with Gasteiger partial charge in [0.15, 0.2) is 0 Å². The van der Waals surface area contributed by atoms with Gasteiger partial charge >= 0.3 is 0 Å². The topological polar surface area (TPSA) is 61.0 Å². The maximum absolute atomic E-state index is 5.67. The van der Waals surface area contributed by atoms with E-state index in [0.29, 0.717) is 17.5 Å². The summed E-state index contributed by atoms with van der Waals surface area (Å²) in [6.45, 7) is 0. The summed E-state index contributed by atoms with van der Waals surface area (Å²) in [5.74, 6) is 2.32. The first-order chi connectivity index (χ1) is 11.3. The van der Waals surface area contributed by atoms with Crippen LogP contribution >= 0.6 is 11.8 Å². The first kappa shape index (κ1) is 15.6. The number of benzene rings is 1. The van der Waals surface area contributed by atoms with E-state index in [9.17, 15) is 0 Å². The molecule has 0 unspecified atom stereocenters. The molecular weight excluding hydrogens is 310 g/mol. The number of rotatable bonds is 7. The van der Waals surface area contributed by atoms with E-state index in [2.05, 4.69) is 15.2 Å². The minimum absolute atomic E-state index is 0.601. The maximum atomic E-state index is 5.67. The Balaban J connectivity index is 1.51. The van der Waals surface area contributed by atoms with Crippen LogP contribution < -0.4 is 4.74 Å². The van der Waals surface area contributed by atoms with Crippen molar-refractivity contribution >= 4 is 11.8 Å². The zero-order chi connectivity index (χ0) is 15.9. The SMILES string of the molecule is COc1ccc(Cc2nnc(SCCc3ccccn3)o2)cc1. The first-order valence-electron chi connectivity index (χ1n) is 7.31. The molecule has 0 aliphatic heterocycles. The Morgan fingerprint density at radius 3 is 2.70 bits per heavy atom. The largest absolute Gasteiger partial charge is 0.497 e. The molecular formula is C17H17N3O2S. The molecule has 0 amide bonds. The van der Waals surface area contributed by atoms with E-state index in [1.807, 2.05) is 42.5 Å². The molecule has 0 N–H and O–H groups in total. The Bertz CT molecular complexity index is 729. The lowest BCUT2D eigenvalue weighted by atomic mass is 10.1. The summed E-state index contributed by atoms with van der Waals surface area (Å²) in [5.41, 5.74) is 2.18. The normalized spacial score (nSPS) is 10.7. The number of thioether (sulfide) groups is 1. The van der Waals surface area contributed by atoms with Crippen LogP contribution in [0.3, 0.4) is 0 Å². The Hall–Kier alpha value is -2.34. The van der Waals surface area contributed by atoms with E-state index >= 15 is 0 Å². The van der Waals surface area contributed by atoms with Crippen molar-refractivity contribution in [3.63, 3.8) is 0 Å². The zero-order valence-corrected chi connectivity index (χ0v) is 13.6. The highest BCUT2D eigenvalue weighted by Crippen LogP contribution is 2.19. The summed E-state index contributed by atoms with van der Waals surface area (Å²) in [6.07, 6.45) is 3.30. The molecule has 0 bridgehead atoms. The quantitative estimate of drug-likeness (QED) is 0.620. The average Bonchev–Trinajstić information content (AvgIpc) is 3.04. The third kappa shape index (κ3) is 4.56. The molecule has 5 nitrogen and oxygen atoms in total. The second-order valence-electron chi connectivity index (χ2n) is 4.91. The van der Waals surface area contributed by atoms with E-state index in [-0.39, 0.29) is 0 Å². The number of hydrogen-bond donors (Lipinski definition) is 0. The fourth-order valence-electron chi connectivity index (χ4n) is 2.07. The molecule has 0 aliphatic carbocycles. The summed E-state index contributed by atoms with van der Waals surface area (Å²) >= 11 is 1.55. The van der Waals surface area contributed by atoms with Crippen LogP contribution in [0.25, 0.3) is 0 Å². The molecule has 0 aliphatic rings. The van der Waals surface area contributed by atoms with Gasteiger partial charge in [-0.15, -0.1) is 10.2 Å². The van der Waals surface area contributed by atoms with Crippen molar-refractivity contribution in [2.75, 3.05) is 12.9 Å². The van der Waals surface area contributed by atoms with Crippen LogP contribution in [0.15, 0.2) is 58.3 Å². The van der Waals surface area contributed by atoms with Crippen LogP contribution in [-0.4, -0.2) is 28.0 Å². The number of ether oxygens (including phenoxy) is 1. The lowest BCUT2D eigenvalue weighted by Crippen LogP contribution is -1.91. The van der Waals surface area contributed by atoms with E-state index in [4.69, 9.17) is 9.15 Å². The van der Waals surface area contributed by atoms with Gasteiger partial charge in [-0.25, -0.2) is 0 Å². The molecule has 6 heteroatoms. The zero-order valence-electron chi connectivity index (χ0n) is 12.8. The van der Waals surface area contributed by atoms with Gasteiger partial charge in [0, 0.05) is 17.6 Å². The molecule has 3 aromatic rings. The molecule has 0 saturated carbocycles. The standard InChI is InChI=1S/C17H17N3O2S/c1-21-15-7-5-13(6-8-15)12-16-19-20-17(22-16)23-11-9-14-4-2-3-10-18-14/h2-8,10H,9,11-12H2,1H3. The van der Waals surface area contributed by atoms with Gasteiger partial charge in [-0.05, 0) is 36.2 Å². The molecule has 0 spiro atoms. The molecule has 2 aromatic heterocycles. The molecule has 118 valence electrons. The van der Waals surface area contributed by atoms with E-state index in [1.165, 1.54) is 0 Å². The van der Waals surface area contributed by atoms with Gasteiger partial charge in [-0.3, -0.25) is 4.98 Å². The number of aryl methyl sites for hydroxylation is 1.